The topological polar surface area (TPSA) is 81.4 Å². The summed E-state index contributed by atoms with van der Waals surface area (Å²) in [5.41, 5.74) is 6.30. The highest BCUT2D eigenvalue weighted by molar-refractivity contribution is 9.10. The largest absolute Gasteiger partial charge is 0.497 e. The molecule has 2 aromatic carbocycles. The summed E-state index contributed by atoms with van der Waals surface area (Å²) in [6.07, 6.45) is 0. The lowest BCUT2D eigenvalue weighted by Crippen LogP contribution is -2.14. The van der Waals surface area contributed by atoms with E-state index in [2.05, 4.69) is 20.7 Å². The Labute approximate surface area is 136 Å². The van der Waals surface area contributed by atoms with E-state index in [0.29, 0.717) is 15.9 Å². The van der Waals surface area contributed by atoms with Crippen LogP contribution in [0.1, 0.15) is 0 Å². The van der Waals surface area contributed by atoms with Gasteiger partial charge >= 0.3 is 0 Å². The zero-order chi connectivity index (χ0) is 15.6. The second-order valence-corrected chi connectivity index (χ2v) is 7.05. The molecule has 0 saturated carbocycles. The van der Waals surface area contributed by atoms with E-state index in [1.165, 1.54) is 31.4 Å². The number of benzene rings is 2. The maximum atomic E-state index is 12.4. The smallest absolute Gasteiger partial charge is 0.263 e. The summed E-state index contributed by atoms with van der Waals surface area (Å²) in [6.45, 7) is 0. The summed E-state index contributed by atoms with van der Waals surface area (Å²) in [5.74, 6) is 0.494. The molecule has 112 valence electrons. The monoisotopic (exact) mass is 390 g/mol. The number of ether oxygens (including phenoxy) is 1. The quantitative estimate of drug-likeness (QED) is 0.782. The highest BCUT2D eigenvalue weighted by Gasteiger charge is 2.19. The van der Waals surface area contributed by atoms with Gasteiger partial charge < -0.3 is 10.5 Å². The third-order valence-electron chi connectivity index (χ3n) is 2.66. The lowest BCUT2D eigenvalue weighted by atomic mass is 10.3. The van der Waals surface area contributed by atoms with Gasteiger partial charge in [0.15, 0.2) is 0 Å². The summed E-state index contributed by atoms with van der Waals surface area (Å²) in [7, 11) is -2.32. The Balaban J connectivity index is 2.42. The van der Waals surface area contributed by atoms with Crippen molar-refractivity contribution in [3.63, 3.8) is 0 Å². The minimum absolute atomic E-state index is 0.0654. The van der Waals surface area contributed by atoms with Crippen molar-refractivity contribution in [3.05, 3.63) is 45.9 Å². The molecule has 0 atom stereocenters. The summed E-state index contributed by atoms with van der Waals surface area (Å²) in [6, 6.07) is 9.13. The molecule has 0 heterocycles. The lowest BCUT2D eigenvalue weighted by Gasteiger charge is -2.12. The molecule has 0 saturated heterocycles. The van der Waals surface area contributed by atoms with Crippen molar-refractivity contribution in [1.82, 2.24) is 0 Å². The highest BCUT2D eigenvalue weighted by atomic mass is 79.9. The number of nitrogens with two attached hydrogens (primary N) is 1. The van der Waals surface area contributed by atoms with Gasteiger partial charge in [0.25, 0.3) is 10.0 Å². The first-order valence-corrected chi connectivity index (χ1v) is 8.40. The van der Waals surface area contributed by atoms with E-state index < -0.39 is 10.0 Å². The van der Waals surface area contributed by atoms with Crippen molar-refractivity contribution >= 4 is 48.9 Å². The molecule has 21 heavy (non-hydrogen) atoms. The van der Waals surface area contributed by atoms with Crippen LogP contribution in [0, 0.1) is 0 Å². The SMILES string of the molecule is COc1ccc(Cl)c(NS(=O)(=O)c2ccc(N)cc2Br)c1. The van der Waals surface area contributed by atoms with Gasteiger partial charge in [0, 0.05) is 16.2 Å². The Kier molecular flexibility index (Phi) is 4.65. The van der Waals surface area contributed by atoms with Gasteiger partial charge in [0.05, 0.1) is 17.8 Å². The van der Waals surface area contributed by atoms with Gasteiger partial charge in [-0.3, -0.25) is 4.72 Å². The number of hydrogen-bond acceptors (Lipinski definition) is 4. The normalized spacial score (nSPS) is 11.2. The fraction of sp³-hybridized carbons (Fsp3) is 0.0769. The Hall–Kier alpha value is -1.44. The predicted molar refractivity (Wildman–Crippen MR) is 87.4 cm³/mol. The number of sulfonamides is 1. The summed E-state index contributed by atoms with van der Waals surface area (Å²) >= 11 is 9.18. The Bertz CT molecular complexity index is 781. The molecule has 0 bridgehead atoms. The van der Waals surface area contributed by atoms with E-state index in [9.17, 15) is 8.42 Å². The van der Waals surface area contributed by atoms with Crippen molar-refractivity contribution in [2.45, 2.75) is 4.90 Å². The molecule has 0 unspecified atom stereocenters. The molecule has 0 aromatic heterocycles. The van der Waals surface area contributed by atoms with Gasteiger partial charge in [-0.2, -0.15) is 0 Å². The van der Waals surface area contributed by atoms with Crippen molar-refractivity contribution in [3.8, 4) is 5.75 Å². The molecule has 0 amide bonds. The van der Waals surface area contributed by atoms with Crippen LogP contribution in [0.2, 0.25) is 5.02 Å². The van der Waals surface area contributed by atoms with Gasteiger partial charge in [-0.15, -0.1) is 0 Å². The molecule has 0 aliphatic heterocycles. The average molecular weight is 392 g/mol. The number of rotatable bonds is 4. The van der Waals surface area contributed by atoms with Crippen LogP contribution in [0.5, 0.6) is 5.75 Å². The molecule has 5 nitrogen and oxygen atoms in total. The fourth-order valence-electron chi connectivity index (χ4n) is 1.64. The highest BCUT2D eigenvalue weighted by Crippen LogP contribution is 2.31. The van der Waals surface area contributed by atoms with Gasteiger partial charge in [-0.25, -0.2) is 8.42 Å². The van der Waals surface area contributed by atoms with E-state index in [1.807, 2.05) is 0 Å². The minimum Gasteiger partial charge on any atom is -0.497 e. The van der Waals surface area contributed by atoms with Gasteiger partial charge in [-0.05, 0) is 46.3 Å². The Morgan fingerprint density at radius 3 is 2.57 bits per heavy atom. The van der Waals surface area contributed by atoms with E-state index in [0.717, 1.165) is 0 Å². The van der Waals surface area contributed by atoms with E-state index in [4.69, 9.17) is 22.1 Å². The minimum atomic E-state index is -3.80. The van der Waals surface area contributed by atoms with Gasteiger partial charge in [0.2, 0.25) is 0 Å². The zero-order valence-electron chi connectivity index (χ0n) is 10.9. The molecule has 2 rings (SSSR count). The molecule has 0 radical (unpaired) electrons. The average Bonchev–Trinajstić information content (AvgIpc) is 2.40. The van der Waals surface area contributed by atoms with Crippen LogP contribution in [0.15, 0.2) is 45.8 Å². The number of nitrogen functional groups attached to an aromatic ring is 1. The van der Waals surface area contributed by atoms with Crippen LogP contribution < -0.4 is 15.2 Å². The third kappa shape index (κ3) is 3.61. The molecule has 8 heteroatoms. The number of nitrogens with one attached hydrogen (secondary N) is 1. The van der Waals surface area contributed by atoms with Crippen molar-refractivity contribution in [2.75, 3.05) is 17.6 Å². The molecular formula is C13H12BrClN2O3S. The number of anilines is 2. The van der Waals surface area contributed by atoms with Crippen LogP contribution in [0.3, 0.4) is 0 Å². The molecule has 2 aromatic rings. The zero-order valence-corrected chi connectivity index (χ0v) is 14.1. The van der Waals surface area contributed by atoms with E-state index in [1.54, 1.807) is 12.1 Å². The molecule has 0 fully saturated rings. The van der Waals surface area contributed by atoms with Crippen LogP contribution in [0.25, 0.3) is 0 Å². The Morgan fingerprint density at radius 2 is 1.95 bits per heavy atom. The molecule has 0 aliphatic carbocycles. The van der Waals surface area contributed by atoms with Crippen LogP contribution in [-0.4, -0.2) is 15.5 Å². The number of hydrogen-bond donors (Lipinski definition) is 2. The van der Waals surface area contributed by atoms with Crippen LogP contribution in [0.4, 0.5) is 11.4 Å². The molecule has 0 spiro atoms. The first-order chi connectivity index (χ1) is 9.83. The van der Waals surface area contributed by atoms with Crippen LogP contribution >= 0.6 is 27.5 Å². The fourth-order valence-corrected chi connectivity index (χ4v) is 4.03. The second kappa shape index (κ2) is 6.13. The van der Waals surface area contributed by atoms with Crippen molar-refractivity contribution < 1.29 is 13.2 Å². The first-order valence-electron chi connectivity index (χ1n) is 5.75. The second-order valence-electron chi connectivity index (χ2n) is 4.14. The van der Waals surface area contributed by atoms with E-state index >= 15 is 0 Å². The van der Waals surface area contributed by atoms with E-state index in [-0.39, 0.29) is 15.6 Å². The summed E-state index contributed by atoms with van der Waals surface area (Å²) in [4.78, 5) is 0.0654. The third-order valence-corrected chi connectivity index (χ3v) is 5.34. The van der Waals surface area contributed by atoms with Gasteiger partial charge in [0.1, 0.15) is 10.6 Å². The molecular weight excluding hydrogens is 380 g/mol. The molecule has 3 N–H and O–H groups in total. The van der Waals surface area contributed by atoms with Gasteiger partial charge in [-0.1, -0.05) is 11.6 Å². The Morgan fingerprint density at radius 1 is 1.24 bits per heavy atom. The van der Waals surface area contributed by atoms with Crippen molar-refractivity contribution in [1.29, 1.82) is 0 Å². The van der Waals surface area contributed by atoms with Crippen LogP contribution in [-0.2, 0) is 10.0 Å². The first kappa shape index (κ1) is 15.9. The standard InChI is InChI=1S/C13H12BrClN2O3S/c1-20-9-3-4-11(15)12(7-9)17-21(18,19)13-5-2-8(16)6-10(13)14/h2-7,17H,16H2,1H3. The number of halogens is 2. The summed E-state index contributed by atoms with van der Waals surface area (Å²) in [5, 5.41) is 0.269. The summed E-state index contributed by atoms with van der Waals surface area (Å²) < 4.78 is 32.7. The lowest BCUT2D eigenvalue weighted by molar-refractivity contribution is 0.415. The predicted octanol–water partition coefficient (Wildman–Crippen LogP) is 3.49. The molecule has 0 aliphatic rings. The van der Waals surface area contributed by atoms with Crippen molar-refractivity contribution in [2.24, 2.45) is 0 Å². The maximum absolute atomic E-state index is 12.4. The maximum Gasteiger partial charge on any atom is 0.263 e. The number of methoxy groups -OCH3 is 1.